The quantitative estimate of drug-likeness (QED) is 0.360. The fraction of sp³-hybridized carbons (Fsp3) is 0. The summed E-state index contributed by atoms with van der Waals surface area (Å²) in [5.41, 5.74) is -0.126. The zero-order chi connectivity index (χ0) is 11.4. The zero-order valence-electron chi connectivity index (χ0n) is 7.47. The highest BCUT2D eigenvalue weighted by Crippen LogP contribution is 2.33. The fourth-order valence-electron chi connectivity index (χ4n) is 0.943. The monoisotopic (exact) mass is 202 g/mol. The summed E-state index contributed by atoms with van der Waals surface area (Å²) in [5, 5.41) is 44.4. The Morgan fingerprint density at radius 3 is 2.07 bits per heavy atom. The minimum absolute atomic E-state index is 0.0865. The van der Waals surface area contributed by atoms with Gasteiger partial charge in [0, 0.05) is 11.6 Å². The van der Waals surface area contributed by atoms with Gasteiger partial charge in [-0.05, 0) is 12.1 Å². The molecule has 0 saturated carbocycles. The van der Waals surface area contributed by atoms with Crippen molar-refractivity contribution >= 4 is 6.08 Å². The SMILES string of the molecule is N#CC(C#N)=Cc1cc(O)c(O)cc1O. The molecule has 0 saturated heterocycles. The Kier molecular flexibility index (Phi) is 2.80. The molecule has 15 heavy (non-hydrogen) atoms. The number of phenols is 3. The lowest BCUT2D eigenvalue weighted by Crippen LogP contribution is -1.79. The third-order valence-electron chi connectivity index (χ3n) is 1.66. The smallest absolute Gasteiger partial charge is 0.161 e. The third-order valence-corrected chi connectivity index (χ3v) is 1.66. The second kappa shape index (κ2) is 4.03. The van der Waals surface area contributed by atoms with Crippen LogP contribution in [0.4, 0.5) is 0 Å². The summed E-state index contributed by atoms with van der Waals surface area (Å²) in [6.45, 7) is 0. The average Bonchev–Trinajstić information content (AvgIpc) is 2.21. The maximum absolute atomic E-state index is 9.32. The van der Waals surface area contributed by atoms with Crippen molar-refractivity contribution in [3.63, 3.8) is 0 Å². The molecule has 3 N–H and O–H groups in total. The highest BCUT2D eigenvalue weighted by Gasteiger charge is 2.06. The molecule has 0 unspecified atom stereocenters. The first-order valence-corrected chi connectivity index (χ1v) is 3.85. The Balaban J connectivity index is 3.30. The first kappa shape index (κ1) is 10.4. The molecule has 5 nitrogen and oxygen atoms in total. The molecule has 0 amide bonds. The van der Waals surface area contributed by atoms with Gasteiger partial charge in [0.05, 0.1) is 0 Å². The van der Waals surface area contributed by atoms with E-state index < -0.39 is 11.5 Å². The van der Waals surface area contributed by atoms with Gasteiger partial charge in [0.1, 0.15) is 23.5 Å². The van der Waals surface area contributed by atoms with Crippen molar-refractivity contribution in [1.82, 2.24) is 0 Å². The lowest BCUT2D eigenvalue weighted by molar-refractivity contribution is 0.396. The first-order valence-electron chi connectivity index (χ1n) is 3.85. The van der Waals surface area contributed by atoms with Crippen molar-refractivity contribution in [3.05, 3.63) is 23.3 Å². The van der Waals surface area contributed by atoms with Crippen LogP contribution in [0.2, 0.25) is 0 Å². The van der Waals surface area contributed by atoms with Crippen molar-refractivity contribution in [2.75, 3.05) is 0 Å². The molecule has 1 aromatic carbocycles. The number of rotatable bonds is 1. The number of hydrogen-bond acceptors (Lipinski definition) is 5. The van der Waals surface area contributed by atoms with Crippen LogP contribution in [-0.2, 0) is 0 Å². The van der Waals surface area contributed by atoms with Gasteiger partial charge in [-0.1, -0.05) is 0 Å². The van der Waals surface area contributed by atoms with Crippen molar-refractivity contribution in [2.45, 2.75) is 0 Å². The maximum atomic E-state index is 9.32. The van der Waals surface area contributed by atoms with Crippen molar-refractivity contribution < 1.29 is 15.3 Å². The second-order valence-corrected chi connectivity index (χ2v) is 2.68. The predicted octanol–water partition coefficient (Wildman–Crippen LogP) is 1.23. The molecular weight excluding hydrogens is 196 g/mol. The predicted molar refractivity (Wildman–Crippen MR) is 50.6 cm³/mol. The normalized spacial score (nSPS) is 8.67. The van der Waals surface area contributed by atoms with Gasteiger partial charge in [0.25, 0.3) is 0 Å². The van der Waals surface area contributed by atoms with E-state index >= 15 is 0 Å². The summed E-state index contributed by atoms with van der Waals surface area (Å²) in [5.74, 6) is -1.23. The molecule has 0 spiro atoms. The molecule has 0 aliphatic rings. The Labute approximate surface area is 85.4 Å². The molecule has 0 aliphatic carbocycles. The molecule has 1 aromatic rings. The largest absolute Gasteiger partial charge is 0.507 e. The summed E-state index contributed by atoms with van der Waals surface area (Å²) in [6, 6.07) is 5.19. The highest BCUT2D eigenvalue weighted by molar-refractivity contribution is 5.68. The van der Waals surface area contributed by atoms with Crippen LogP contribution in [0.3, 0.4) is 0 Å². The standard InChI is InChI=1S/C10H6N2O3/c11-4-6(5-12)1-7-2-9(14)10(15)3-8(7)13/h1-3,13-15H. The van der Waals surface area contributed by atoms with Crippen molar-refractivity contribution in [2.24, 2.45) is 0 Å². The topological polar surface area (TPSA) is 108 Å². The van der Waals surface area contributed by atoms with Crippen LogP contribution in [0.1, 0.15) is 5.56 Å². The third kappa shape index (κ3) is 2.17. The Morgan fingerprint density at radius 2 is 1.53 bits per heavy atom. The molecular formula is C10H6N2O3. The molecule has 74 valence electrons. The number of allylic oxidation sites excluding steroid dienone is 1. The summed E-state index contributed by atoms with van der Waals surface area (Å²) < 4.78 is 0. The minimum atomic E-state index is -0.472. The van der Waals surface area contributed by atoms with Crippen LogP contribution >= 0.6 is 0 Å². The van der Waals surface area contributed by atoms with Gasteiger partial charge in [-0.2, -0.15) is 10.5 Å². The summed E-state index contributed by atoms with van der Waals surface area (Å²) in [6.07, 6.45) is 1.11. The molecule has 0 aliphatic heterocycles. The van der Waals surface area contributed by atoms with Gasteiger partial charge in [0.15, 0.2) is 11.5 Å². The molecule has 0 bridgehead atoms. The van der Waals surface area contributed by atoms with Crippen LogP contribution in [0.15, 0.2) is 17.7 Å². The molecule has 1 rings (SSSR count). The maximum Gasteiger partial charge on any atom is 0.161 e. The molecule has 0 aromatic heterocycles. The van der Waals surface area contributed by atoms with E-state index in [9.17, 15) is 5.11 Å². The number of hydrogen-bond donors (Lipinski definition) is 3. The van der Waals surface area contributed by atoms with Crippen LogP contribution in [-0.4, -0.2) is 15.3 Å². The van der Waals surface area contributed by atoms with Gasteiger partial charge >= 0.3 is 0 Å². The van der Waals surface area contributed by atoms with E-state index in [2.05, 4.69) is 0 Å². The van der Waals surface area contributed by atoms with Crippen molar-refractivity contribution in [1.29, 1.82) is 10.5 Å². The lowest BCUT2D eigenvalue weighted by atomic mass is 10.1. The Hall–Kier alpha value is -2.66. The van der Waals surface area contributed by atoms with E-state index in [0.717, 1.165) is 18.2 Å². The van der Waals surface area contributed by atoms with E-state index in [1.165, 1.54) is 0 Å². The summed E-state index contributed by atoms with van der Waals surface area (Å²) in [7, 11) is 0. The van der Waals surface area contributed by atoms with Crippen LogP contribution < -0.4 is 0 Å². The van der Waals surface area contributed by atoms with Crippen molar-refractivity contribution in [3.8, 4) is 29.4 Å². The summed E-state index contributed by atoms with van der Waals surface area (Å²) in [4.78, 5) is 0. The summed E-state index contributed by atoms with van der Waals surface area (Å²) >= 11 is 0. The fourth-order valence-corrected chi connectivity index (χ4v) is 0.943. The number of nitriles is 2. The van der Waals surface area contributed by atoms with Gasteiger partial charge in [-0.25, -0.2) is 0 Å². The minimum Gasteiger partial charge on any atom is -0.507 e. The first-order chi connectivity index (χ1) is 7.08. The van der Waals surface area contributed by atoms with E-state index in [-0.39, 0.29) is 16.9 Å². The van der Waals surface area contributed by atoms with Crippen LogP contribution in [0.5, 0.6) is 17.2 Å². The van der Waals surface area contributed by atoms with Crippen LogP contribution in [0, 0.1) is 22.7 Å². The number of phenolic OH excluding ortho intramolecular Hbond substituents is 3. The van der Waals surface area contributed by atoms with Gasteiger partial charge in [0.2, 0.25) is 0 Å². The molecule has 0 heterocycles. The highest BCUT2D eigenvalue weighted by atomic mass is 16.3. The molecule has 0 radical (unpaired) electrons. The molecule has 0 atom stereocenters. The zero-order valence-corrected chi connectivity index (χ0v) is 7.47. The van der Waals surface area contributed by atoms with Crippen LogP contribution in [0.25, 0.3) is 6.08 Å². The Bertz CT molecular complexity index is 491. The molecule has 0 fully saturated rings. The lowest BCUT2D eigenvalue weighted by Gasteiger charge is -2.02. The van der Waals surface area contributed by atoms with E-state index in [1.54, 1.807) is 12.1 Å². The number of nitrogens with zero attached hydrogens (tertiary/aromatic N) is 2. The number of benzene rings is 1. The average molecular weight is 202 g/mol. The van der Waals surface area contributed by atoms with E-state index in [1.807, 2.05) is 0 Å². The second-order valence-electron chi connectivity index (χ2n) is 2.68. The Morgan fingerprint density at radius 1 is 1.00 bits per heavy atom. The molecule has 5 heteroatoms. The van der Waals surface area contributed by atoms with E-state index in [4.69, 9.17) is 20.7 Å². The number of aromatic hydroxyl groups is 3. The van der Waals surface area contributed by atoms with E-state index in [0.29, 0.717) is 0 Å². The van der Waals surface area contributed by atoms with Gasteiger partial charge in [-0.3, -0.25) is 0 Å². The van der Waals surface area contributed by atoms with Gasteiger partial charge in [-0.15, -0.1) is 0 Å². The van der Waals surface area contributed by atoms with Gasteiger partial charge < -0.3 is 15.3 Å².